The Morgan fingerprint density at radius 1 is 1.75 bits per heavy atom. The first-order valence-corrected chi connectivity index (χ1v) is 5.73. The molecule has 2 heterocycles. The van der Waals surface area contributed by atoms with E-state index in [-0.39, 0.29) is 6.10 Å². The number of alkyl halides is 1. The molecule has 12 heavy (non-hydrogen) atoms. The summed E-state index contributed by atoms with van der Waals surface area (Å²) in [6.07, 6.45) is 1.15. The van der Waals surface area contributed by atoms with E-state index >= 15 is 0 Å². The van der Waals surface area contributed by atoms with E-state index in [0.717, 1.165) is 17.5 Å². The lowest BCUT2D eigenvalue weighted by molar-refractivity contribution is 0.104. The van der Waals surface area contributed by atoms with Crippen molar-refractivity contribution in [3.05, 3.63) is 22.4 Å². The third kappa shape index (κ3) is 1.54. The third-order valence-corrected chi connectivity index (χ3v) is 3.35. The highest BCUT2D eigenvalue weighted by molar-refractivity contribution is 9.09. The molecule has 0 aliphatic carbocycles. The van der Waals surface area contributed by atoms with Crippen molar-refractivity contribution in [3.63, 3.8) is 0 Å². The van der Waals surface area contributed by atoms with Crippen molar-refractivity contribution in [3.8, 4) is 0 Å². The lowest BCUT2D eigenvalue weighted by atomic mass is 10.2. The molecule has 2 nitrogen and oxygen atoms in total. The van der Waals surface area contributed by atoms with E-state index in [2.05, 4.69) is 32.5 Å². The van der Waals surface area contributed by atoms with Crippen molar-refractivity contribution < 1.29 is 4.84 Å². The predicted octanol–water partition coefficient (Wildman–Crippen LogP) is 2.64. The second-order valence-corrected chi connectivity index (χ2v) is 4.20. The zero-order valence-corrected chi connectivity index (χ0v) is 8.77. The van der Waals surface area contributed by atoms with Gasteiger partial charge in [0.2, 0.25) is 0 Å². The first-order valence-electron chi connectivity index (χ1n) is 3.72. The van der Waals surface area contributed by atoms with Crippen molar-refractivity contribution in [2.45, 2.75) is 12.5 Å². The number of hydrogen-bond acceptors (Lipinski definition) is 3. The number of rotatable bonds is 2. The fourth-order valence-corrected chi connectivity index (χ4v) is 2.16. The minimum atomic E-state index is 0.224. The molecule has 4 heteroatoms. The summed E-state index contributed by atoms with van der Waals surface area (Å²) in [4.78, 5) is 6.41. The summed E-state index contributed by atoms with van der Waals surface area (Å²) in [5.41, 5.74) is 1.08. The van der Waals surface area contributed by atoms with Crippen LogP contribution in [0.25, 0.3) is 0 Å². The Labute approximate surface area is 83.4 Å². The highest BCUT2D eigenvalue weighted by Crippen LogP contribution is 2.20. The Kier molecular flexibility index (Phi) is 2.46. The van der Waals surface area contributed by atoms with Gasteiger partial charge in [0, 0.05) is 11.8 Å². The fourth-order valence-electron chi connectivity index (χ4n) is 1.10. The molecule has 0 N–H and O–H groups in total. The monoisotopic (exact) mass is 245 g/mol. The van der Waals surface area contributed by atoms with Crippen LogP contribution >= 0.6 is 27.3 Å². The Bertz CT molecular complexity index is 283. The summed E-state index contributed by atoms with van der Waals surface area (Å²) >= 11 is 5.08. The van der Waals surface area contributed by atoms with Crippen LogP contribution in [0, 0.1) is 0 Å². The number of oxime groups is 1. The molecule has 0 fully saturated rings. The van der Waals surface area contributed by atoms with Crippen molar-refractivity contribution in [1.82, 2.24) is 0 Å². The molecule has 1 atom stereocenters. The SMILES string of the molecule is BrCC1CC(c2cccs2)=NO1. The van der Waals surface area contributed by atoms with Gasteiger partial charge in [-0.2, -0.15) is 0 Å². The molecule has 0 saturated carbocycles. The quantitative estimate of drug-likeness (QED) is 0.735. The van der Waals surface area contributed by atoms with E-state index < -0.39 is 0 Å². The Balaban J connectivity index is 2.09. The zero-order chi connectivity index (χ0) is 8.39. The van der Waals surface area contributed by atoms with Gasteiger partial charge in [-0.1, -0.05) is 27.2 Å². The smallest absolute Gasteiger partial charge is 0.142 e. The molecule has 0 amide bonds. The van der Waals surface area contributed by atoms with Gasteiger partial charge in [-0.3, -0.25) is 0 Å². The average molecular weight is 246 g/mol. The normalized spacial score (nSPS) is 22.1. The van der Waals surface area contributed by atoms with Crippen LogP contribution in [0.4, 0.5) is 0 Å². The molecule has 2 rings (SSSR count). The highest BCUT2D eigenvalue weighted by Gasteiger charge is 2.21. The van der Waals surface area contributed by atoms with E-state index in [4.69, 9.17) is 4.84 Å². The van der Waals surface area contributed by atoms with Gasteiger partial charge >= 0.3 is 0 Å². The van der Waals surface area contributed by atoms with E-state index in [1.807, 2.05) is 6.07 Å². The standard InChI is InChI=1S/C8H8BrNOS/c9-5-6-4-7(10-11-6)8-2-1-3-12-8/h1-3,6H,4-5H2. The molecule has 0 saturated heterocycles. The van der Waals surface area contributed by atoms with E-state index in [1.165, 1.54) is 4.88 Å². The lowest BCUT2D eigenvalue weighted by Crippen LogP contribution is -2.08. The van der Waals surface area contributed by atoms with Gasteiger partial charge in [0.05, 0.1) is 4.88 Å². The van der Waals surface area contributed by atoms with E-state index in [1.54, 1.807) is 11.3 Å². The van der Waals surface area contributed by atoms with Crippen LogP contribution in [-0.2, 0) is 4.84 Å². The average Bonchev–Trinajstić information content (AvgIpc) is 2.75. The van der Waals surface area contributed by atoms with Gasteiger partial charge in [-0.05, 0) is 11.4 Å². The number of nitrogens with zero attached hydrogens (tertiary/aromatic N) is 1. The van der Waals surface area contributed by atoms with Gasteiger partial charge in [0.15, 0.2) is 0 Å². The second kappa shape index (κ2) is 3.58. The van der Waals surface area contributed by atoms with Gasteiger partial charge in [0.25, 0.3) is 0 Å². The second-order valence-electron chi connectivity index (χ2n) is 2.60. The van der Waals surface area contributed by atoms with Crippen LogP contribution in [-0.4, -0.2) is 17.1 Å². The summed E-state index contributed by atoms with van der Waals surface area (Å²) in [7, 11) is 0. The summed E-state index contributed by atoms with van der Waals surface area (Å²) < 4.78 is 0. The molecule has 1 aliphatic heterocycles. The van der Waals surface area contributed by atoms with Gasteiger partial charge < -0.3 is 4.84 Å². The third-order valence-electron chi connectivity index (χ3n) is 1.71. The number of thiophene rings is 1. The first-order chi connectivity index (χ1) is 5.90. The van der Waals surface area contributed by atoms with Crippen LogP contribution in [0.2, 0.25) is 0 Å². The molecule has 0 radical (unpaired) electrons. The van der Waals surface area contributed by atoms with Gasteiger partial charge in [0.1, 0.15) is 11.8 Å². The summed E-state index contributed by atoms with van der Waals surface area (Å²) in [5.74, 6) is 0. The zero-order valence-electron chi connectivity index (χ0n) is 6.37. The lowest BCUT2D eigenvalue weighted by Gasteiger charge is -1.99. The Morgan fingerprint density at radius 2 is 2.67 bits per heavy atom. The van der Waals surface area contributed by atoms with Crippen LogP contribution in [0.3, 0.4) is 0 Å². The molecule has 1 unspecified atom stereocenters. The van der Waals surface area contributed by atoms with Crippen LogP contribution in [0.1, 0.15) is 11.3 Å². The fraction of sp³-hybridized carbons (Fsp3) is 0.375. The van der Waals surface area contributed by atoms with Crippen LogP contribution in [0.15, 0.2) is 22.7 Å². The summed E-state index contributed by atoms with van der Waals surface area (Å²) in [5, 5.41) is 6.93. The van der Waals surface area contributed by atoms with E-state index in [0.29, 0.717) is 0 Å². The van der Waals surface area contributed by atoms with Gasteiger partial charge in [-0.15, -0.1) is 11.3 Å². The maximum Gasteiger partial charge on any atom is 0.142 e. The van der Waals surface area contributed by atoms with E-state index in [9.17, 15) is 0 Å². The molecule has 0 aromatic carbocycles. The van der Waals surface area contributed by atoms with Crippen molar-refractivity contribution in [2.24, 2.45) is 5.16 Å². The predicted molar refractivity (Wildman–Crippen MR) is 54.1 cm³/mol. The molecule has 1 aromatic rings. The molecule has 0 spiro atoms. The first kappa shape index (κ1) is 8.26. The molecule has 64 valence electrons. The van der Waals surface area contributed by atoms with Crippen molar-refractivity contribution in [1.29, 1.82) is 0 Å². The van der Waals surface area contributed by atoms with Crippen molar-refractivity contribution in [2.75, 3.05) is 5.33 Å². The Morgan fingerprint density at radius 3 is 3.25 bits per heavy atom. The minimum Gasteiger partial charge on any atom is -0.391 e. The molecule has 1 aromatic heterocycles. The Hall–Kier alpha value is -0.350. The molecular weight excluding hydrogens is 238 g/mol. The number of hydrogen-bond donors (Lipinski definition) is 0. The molecular formula is C8H8BrNOS. The van der Waals surface area contributed by atoms with Gasteiger partial charge in [-0.25, -0.2) is 0 Å². The van der Waals surface area contributed by atoms with Crippen LogP contribution < -0.4 is 0 Å². The topological polar surface area (TPSA) is 21.6 Å². The minimum absolute atomic E-state index is 0.224. The number of halogens is 1. The maximum absolute atomic E-state index is 5.19. The molecule has 0 bridgehead atoms. The maximum atomic E-state index is 5.19. The highest BCUT2D eigenvalue weighted by atomic mass is 79.9. The summed E-state index contributed by atoms with van der Waals surface area (Å²) in [6.45, 7) is 0. The molecule has 1 aliphatic rings. The largest absolute Gasteiger partial charge is 0.391 e. The summed E-state index contributed by atoms with van der Waals surface area (Å²) in [6, 6.07) is 4.10. The van der Waals surface area contributed by atoms with Crippen molar-refractivity contribution >= 4 is 33.0 Å². The van der Waals surface area contributed by atoms with Crippen LogP contribution in [0.5, 0.6) is 0 Å².